The molecule has 7 heteroatoms. The molecule has 6 nitrogen and oxygen atoms in total. The van der Waals surface area contributed by atoms with Crippen molar-refractivity contribution in [3.05, 3.63) is 103 Å². The van der Waals surface area contributed by atoms with E-state index in [4.69, 9.17) is 4.74 Å². The van der Waals surface area contributed by atoms with E-state index in [1.165, 1.54) is 12.1 Å². The quantitative estimate of drug-likeness (QED) is 0.259. The number of hydrogen-bond donors (Lipinski definition) is 4. The van der Waals surface area contributed by atoms with Crippen LogP contribution in [0.25, 0.3) is 6.08 Å². The van der Waals surface area contributed by atoms with Crippen molar-refractivity contribution in [1.29, 1.82) is 0 Å². The van der Waals surface area contributed by atoms with Gasteiger partial charge in [0, 0.05) is 30.7 Å². The summed E-state index contributed by atoms with van der Waals surface area (Å²) in [4.78, 5) is 11.2. The van der Waals surface area contributed by atoms with Crippen LogP contribution in [0.4, 0.5) is 10.1 Å². The highest BCUT2D eigenvalue weighted by molar-refractivity contribution is 5.56. The van der Waals surface area contributed by atoms with Gasteiger partial charge >= 0.3 is 0 Å². The van der Waals surface area contributed by atoms with Gasteiger partial charge in [0.15, 0.2) is 0 Å². The second-order valence-corrected chi connectivity index (χ2v) is 7.22. The molecule has 0 aromatic heterocycles. The third kappa shape index (κ3) is 6.41. The van der Waals surface area contributed by atoms with E-state index in [-0.39, 0.29) is 5.82 Å². The molecule has 174 valence electrons. The first-order valence-corrected chi connectivity index (χ1v) is 10.4. The van der Waals surface area contributed by atoms with Gasteiger partial charge in [-0.05, 0) is 60.1 Å². The Morgan fingerprint density at radius 3 is 2.48 bits per heavy atom. The van der Waals surface area contributed by atoms with E-state index >= 15 is 0 Å². The van der Waals surface area contributed by atoms with Crippen LogP contribution in [0, 0.1) is 5.82 Å². The topological polar surface area (TPSA) is 74.4 Å². The van der Waals surface area contributed by atoms with Crippen molar-refractivity contribution in [2.75, 3.05) is 26.0 Å². The number of benzene rings is 2. The Labute approximate surface area is 194 Å². The first-order valence-electron chi connectivity index (χ1n) is 10.4. The SMILES string of the molecule is C=C/C(=C\Nc1ccc(F)cc1)[C@](CNCc1ccc(OC)cc1C=C)(NC)C(=C)NC=O. The molecule has 2 rings (SSSR count). The molecular formula is C26H31FN4O2. The summed E-state index contributed by atoms with van der Waals surface area (Å²) in [6.45, 7) is 12.8. The van der Waals surface area contributed by atoms with Crippen molar-refractivity contribution < 1.29 is 13.9 Å². The maximum absolute atomic E-state index is 13.2. The van der Waals surface area contributed by atoms with Gasteiger partial charge in [0.25, 0.3) is 0 Å². The molecule has 1 amide bonds. The molecule has 2 aromatic rings. The Kier molecular flexibility index (Phi) is 9.60. The van der Waals surface area contributed by atoms with Gasteiger partial charge in [-0.2, -0.15) is 0 Å². The summed E-state index contributed by atoms with van der Waals surface area (Å²) in [7, 11) is 3.40. The number of ether oxygens (including phenoxy) is 1. The number of halogens is 1. The lowest BCUT2D eigenvalue weighted by atomic mass is 9.86. The molecule has 0 aliphatic carbocycles. The van der Waals surface area contributed by atoms with Crippen LogP contribution in [-0.2, 0) is 11.3 Å². The first kappa shape index (κ1) is 25.6. The number of anilines is 1. The molecule has 4 N–H and O–H groups in total. The minimum Gasteiger partial charge on any atom is -0.497 e. The number of amides is 1. The molecule has 1 atom stereocenters. The standard InChI is InChI=1S/C26H31FN4O2/c1-6-20-14-25(33-5)13-8-21(20)15-29-17-26(28-4,19(3)31-18-32)22(7-2)16-30-24-11-9-23(27)10-12-24/h6-14,16,18,28-30H,1-3,15,17H2,4-5H3,(H,31,32)/b22-16+/t26-/m1/s1. The van der Waals surface area contributed by atoms with Gasteiger partial charge in [-0.15, -0.1) is 0 Å². The highest BCUT2D eigenvalue weighted by Crippen LogP contribution is 2.25. The third-order valence-electron chi connectivity index (χ3n) is 5.40. The lowest BCUT2D eigenvalue weighted by Gasteiger charge is -2.37. The largest absolute Gasteiger partial charge is 0.497 e. The minimum absolute atomic E-state index is 0.316. The Hall–Kier alpha value is -3.68. The molecule has 0 aliphatic heterocycles. The fourth-order valence-corrected chi connectivity index (χ4v) is 3.46. The number of rotatable bonds is 14. The summed E-state index contributed by atoms with van der Waals surface area (Å²) in [6, 6.07) is 11.8. The van der Waals surface area contributed by atoms with Crippen LogP contribution in [-0.4, -0.2) is 32.7 Å². The fraction of sp³-hybridized carbons (Fsp3) is 0.192. The van der Waals surface area contributed by atoms with Crippen molar-refractivity contribution in [3.8, 4) is 5.75 Å². The van der Waals surface area contributed by atoms with Crippen LogP contribution in [0.2, 0.25) is 0 Å². The summed E-state index contributed by atoms with van der Waals surface area (Å²) in [5.41, 5.74) is 2.99. The Morgan fingerprint density at radius 1 is 1.18 bits per heavy atom. The van der Waals surface area contributed by atoms with Gasteiger partial charge in [0.05, 0.1) is 12.6 Å². The molecule has 33 heavy (non-hydrogen) atoms. The normalized spacial score (nSPS) is 12.9. The zero-order chi connectivity index (χ0) is 24.3. The molecule has 0 spiro atoms. The van der Waals surface area contributed by atoms with Crippen molar-refractivity contribution in [2.45, 2.75) is 12.1 Å². The summed E-state index contributed by atoms with van der Waals surface area (Å²) in [5, 5.41) is 12.5. The highest BCUT2D eigenvalue weighted by Gasteiger charge is 2.34. The molecule has 0 radical (unpaired) electrons. The van der Waals surface area contributed by atoms with Crippen LogP contribution in [0.5, 0.6) is 5.75 Å². The van der Waals surface area contributed by atoms with Crippen molar-refractivity contribution in [2.24, 2.45) is 0 Å². The number of carbonyl (C=O) groups is 1. The average Bonchev–Trinajstić information content (AvgIpc) is 2.84. The molecule has 0 saturated heterocycles. The first-order chi connectivity index (χ1) is 15.9. The minimum atomic E-state index is -0.878. The van der Waals surface area contributed by atoms with E-state index in [9.17, 15) is 9.18 Å². The average molecular weight is 451 g/mol. The predicted octanol–water partition coefficient (Wildman–Crippen LogP) is 3.97. The number of nitrogens with one attached hydrogen (secondary N) is 4. The number of hydrogen-bond acceptors (Lipinski definition) is 5. The molecule has 0 fully saturated rings. The van der Waals surface area contributed by atoms with E-state index in [2.05, 4.69) is 41.0 Å². The van der Waals surface area contributed by atoms with Gasteiger partial charge < -0.3 is 26.0 Å². The summed E-state index contributed by atoms with van der Waals surface area (Å²) >= 11 is 0. The predicted molar refractivity (Wildman–Crippen MR) is 133 cm³/mol. The Bertz CT molecular complexity index is 1020. The van der Waals surface area contributed by atoms with Crippen LogP contribution in [0.15, 0.2) is 85.7 Å². The van der Waals surface area contributed by atoms with E-state index in [0.717, 1.165) is 22.4 Å². The molecule has 0 heterocycles. The van der Waals surface area contributed by atoms with Crippen molar-refractivity contribution >= 4 is 18.2 Å². The van der Waals surface area contributed by atoms with Gasteiger partial charge in [-0.25, -0.2) is 4.39 Å². The van der Waals surface area contributed by atoms with E-state index < -0.39 is 5.54 Å². The second kappa shape index (κ2) is 12.4. The second-order valence-electron chi connectivity index (χ2n) is 7.22. The van der Waals surface area contributed by atoms with E-state index in [0.29, 0.717) is 30.9 Å². The fourth-order valence-electron chi connectivity index (χ4n) is 3.46. The number of methoxy groups -OCH3 is 1. The molecule has 2 aromatic carbocycles. The third-order valence-corrected chi connectivity index (χ3v) is 5.40. The van der Waals surface area contributed by atoms with Crippen LogP contribution >= 0.6 is 0 Å². The molecule has 0 unspecified atom stereocenters. The molecule has 0 bridgehead atoms. The smallest absolute Gasteiger partial charge is 0.211 e. The van der Waals surface area contributed by atoms with E-state index in [1.54, 1.807) is 44.6 Å². The Balaban J connectivity index is 2.29. The number of carbonyl (C=O) groups excluding carboxylic acids is 1. The lowest BCUT2D eigenvalue weighted by Crippen LogP contribution is -2.56. The summed E-state index contributed by atoms with van der Waals surface area (Å²) in [5.74, 6) is 0.439. The van der Waals surface area contributed by atoms with Crippen LogP contribution in [0.3, 0.4) is 0 Å². The van der Waals surface area contributed by atoms with Crippen LogP contribution in [0.1, 0.15) is 11.1 Å². The molecule has 0 aliphatic rings. The maximum atomic E-state index is 13.2. The molecular weight excluding hydrogens is 419 g/mol. The number of likely N-dealkylation sites (N-methyl/N-ethyl adjacent to an activating group) is 1. The summed E-state index contributed by atoms with van der Waals surface area (Å²) in [6.07, 6.45) is 5.79. The van der Waals surface area contributed by atoms with E-state index in [1.807, 2.05) is 18.2 Å². The zero-order valence-electron chi connectivity index (χ0n) is 19.1. The van der Waals surface area contributed by atoms with Gasteiger partial charge in [-0.1, -0.05) is 38.0 Å². The Morgan fingerprint density at radius 2 is 1.91 bits per heavy atom. The van der Waals surface area contributed by atoms with Crippen molar-refractivity contribution in [1.82, 2.24) is 16.0 Å². The van der Waals surface area contributed by atoms with Gasteiger partial charge in [-0.3, -0.25) is 4.79 Å². The van der Waals surface area contributed by atoms with Gasteiger partial charge in [0.1, 0.15) is 11.6 Å². The monoisotopic (exact) mass is 450 g/mol. The van der Waals surface area contributed by atoms with Crippen molar-refractivity contribution in [3.63, 3.8) is 0 Å². The van der Waals surface area contributed by atoms with Crippen LogP contribution < -0.4 is 26.0 Å². The molecule has 0 saturated carbocycles. The summed E-state index contributed by atoms with van der Waals surface area (Å²) < 4.78 is 18.5. The van der Waals surface area contributed by atoms with Gasteiger partial charge in [0.2, 0.25) is 6.41 Å². The highest BCUT2D eigenvalue weighted by atomic mass is 19.1. The zero-order valence-corrected chi connectivity index (χ0v) is 19.1. The lowest BCUT2D eigenvalue weighted by molar-refractivity contribution is -0.109. The maximum Gasteiger partial charge on any atom is 0.211 e.